The van der Waals surface area contributed by atoms with Crippen LogP contribution in [0.1, 0.15) is 34.3 Å². The number of phenols is 1. The number of aryl methyl sites for hydroxylation is 1. The van der Waals surface area contributed by atoms with Crippen LogP contribution in [0.5, 0.6) is 5.75 Å². The molecule has 1 aromatic carbocycles. The van der Waals surface area contributed by atoms with E-state index in [1.807, 2.05) is 0 Å². The largest absolute Gasteiger partial charge is 0.507 e. The van der Waals surface area contributed by atoms with E-state index in [1.54, 1.807) is 12.1 Å². The van der Waals surface area contributed by atoms with Crippen LogP contribution in [0.25, 0.3) is 0 Å². The second kappa shape index (κ2) is 9.78. The number of hydrogen-bond acceptors (Lipinski definition) is 12. The molecule has 1 aromatic rings. The van der Waals surface area contributed by atoms with Gasteiger partial charge in [0, 0.05) is 12.1 Å². The van der Waals surface area contributed by atoms with Gasteiger partial charge in [0.25, 0.3) is 0 Å². The van der Waals surface area contributed by atoms with Crippen LogP contribution in [0.3, 0.4) is 0 Å². The summed E-state index contributed by atoms with van der Waals surface area (Å²) in [7, 11) is -0.579. The number of ketones is 4. The quantitative estimate of drug-likeness (QED) is 0.161. The normalized spacial score (nSPS) is 33.1. The fraction of sp³-hybridized carbons (Fsp3) is 0.538. The van der Waals surface area contributed by atoms with Crippen LogP contribution in [0.15, 0.2) is 12.1 Å². The van der Waals surface area contributed by atoms with Gasteiger partial charge in [0.1, 0.15) is 11.7 Å². The lowest BCUT2D eigenvalue weighted by Gasteiger charge is -2.60. The number of hydrogen-bond donors (Lipinski definition) is 5. The summed E-state index contributed by atoms with van der Waals surface area (Å²) in [5.41, 5.74) is 12.8. The topological polar surface area (TPSA) is 257 Å². The number of likely N-dealkylation sites (N-methyl/N-ethyl adjacent to an activating group) is 1. The van der Waals surface area contributed by atoms with Gasteiger partial charge >= 0.3 is 0 Å². The van der Waals surface area contributed by atoms with Gasteiger partial charge in [-0.2, -0.15) is 5.26 Å². The number of primary amides is 1. The van der Waals surface area contributed by atoms with E-state index in [4.69, 9.17) is 17.2 Å². The summed E-state index contributed by atoms with van der Waals surface area (Å²) in [6.45, 7) is 0.101. The Morgan fingerprint density at radius 3 is 2.37 bits per heavy atom. The molecule has 8 N–H and O–H groups in total. The molecular formula is C26H32N6O8S. The van der Waals surface area contributed by atoms with Crippen molar-refractivity contribution in [2.75, 3.05) is 26.9 Å². The predicted octanol–water partition coefficient (Wildman–Crippen LogP) is -2.71. The molecule has 14 nitrogen and oxygen atoms in total. The molecule has 0 aromatic heterocycles. The molecule has 1 amide bonds. The van der Waals surface area contributed by atoms with Gasteiger partial charge in [0.05, 0.1) is 29.5 Å². The van der Waals surface area contributed by atoms with Gasteiger partial charge in [0.15, 0.2) is 34.5 Å². The third-order valence-electron chi connectivity index (χ3n) is 8.56. The van der Waals surface area contributed by atoms with Crippen molar-refractivity contribution in [1.82, 2.24) is 9.62 Å². The van der Waals surface area contributed by atoms with E-state index in [9.17, 15) is 42.8 Å². The smallest absolute Gasteiger partial charge is 0.235 e. The van der Waals surface area contributed by atoms with Gasteiger partial charge in [-0.25, -0.2) is 13.1 Å². The second-order valence-corrected chi connectivity index (χ2v) is 13.3. The highest BCUT2D eigenvalue weighted by Gasteiger charge is 2.78. The zero-order valence-electron chi connectivity index (χ0n) is 22.8. The maximum absolute atomic E-state index is 14.3. The van der Waals surface area contributed by atoms with Crippen LogP contribution in [-0.2, 0) is 42.0 Å². The third-order valence-corrected chi connectivity index (χ3v) is 9.29. The molecule has 0 bridgehead atoms. The molecule has 0 saturated heterocycles. The average Bonchev–Trinajstić information content (AvgIpc) is 2.81. The summed E-state index contributed by atoms with van der Waals surface area (Å²) in [6, 6.07) is 2.99. The SMILES string of the molecule is CN(C)[C@@H]1C(=O)C(C(N)=O)C(=O)[C@@]2(C#N)C(=O)C3C(=O)c4c(O)ccc(CCCNS(C)(=O)=O)c4C[C@@]3(N)C[C@@]12N. The molecule has 0 heterocycles. The lowest BCUT2D eigenvalue weighted by atomic mass is 9.42. The molecule has 0 radical (unpaired) electrons. The second-order valence-electron chi connectivity index (χ2n) is 11.5. The molecule has 41 heavy (non-hydrogen) atoms. The maximum Gasteiger partial charge on any atom is 0.235 e. The average molecular weight is 589 g/mol. The minimum Gasteiger partial charge on any atom is -0.507 e. The first-order chi connectivity index (χ1) is 18.9. The molecule has 2 unspecified atom stereocenters. The van der Waals surface area contributed by atoms with Crippen LogP contribution in [0.4, 0.5) is 0 Å². The van der Waals surface area contributed by atoms with Gasteiger partial charge in [-0.05, 0) is 57.0 Å². The van der Waals surface area contributed by atoms with E-state index in [1.165, 1.54) is 25.1 Å². The Kier molecular flexibility index (Phi) is 7.25. The Labute approximate surface area is 236 Å². The number of phenolic OH excluding ortho intramolecular Hbond substituents is 1. The van der Waals surface area contributed by atoms with E-state index in [2.05, 4.69) is 4.72 Å². The molecular weight excluding hydrogens is 556 g/mol. The monoisotopic (exact) mass is 588 g/mol. The third kappa shape index (κ3) is 4.29. The van der Waals surface area contributed by atoms with E-state index >= 15 is 0 Å². The van der Waals surface area contributed by atoms with Gasteiger partial charge in [0.2, 0.25) is 15.9 Å². The van der Waals surface area contributed by atoms with E-state index in [0.717, 1.165) is 6.26 Å². The van der Waals surface area contributed by atoms with Crippen molar-refractivity contribution in [3.05, 3.63) is 28.8 Å². The number of carbonyl (C=O) groups excluding carboxylic acids is 5. The fourth-order valence-electron chi connectivity index (χ4n) is 7.04. The van der Waals surface area contributed by atoms with Crippen molar-refractivity contribution in [3.8, 4) is 11.8 Å². The Morgan fingerprint density at radius 1 is 1.20 bits per heavy atom. The summed E-state index contributed by atoms with van der Waals surface area (Å²) in [5, 5.41) is 21.1. The number of nitrogens with two attached hydrogens (primary N) is 3. The maximum atomic E-state index is 14.3. The number of nitrogens with zero attached hydrogens (tertiary/aromatic N) is 2. The first kappa shape index (κ1) is 30.4. The zero-order valence-corrected chi connectivity index (χ0v) is 23.6. The molecule has 4 rings (SSSR count). The first-order valence-corrected chi connectivity index (χ1v) is 14.7. The van der Waals surface area contributed by atoms with Crippen LogP contribution in [-0.4, -0.2) is 91.5 Å². The minimum atomic E-state index is -3.43. The molecule has 2 saturated carbocycles. The van der Waals surface area contributed by atoms with Gasteiger partial charge in [-0.15, -0.1) is 0 Å². The molecule has 0 aliphatic heterocycles. The number of amides is 1. The van der Waals surface area contributed by atoms with Crippen molar-refractivity contribution in [2.24, 2.45) is 34.5 Å². The van der Waals surface area contributed by atoms with E-state index in [-0.39, 0.29) is 24.9 Å². The molecule has 6 atom stereocenters. The highest BCUT2D eigenvalue weighted by Crippen LogP contribution is 2.56. The number of aromatic hydroxyl groups is 1. The summed E-state index contributed by atoms with van der Waals surface area (Å²) < 4.78 is 25.2. The number of nitrogens with one attached hydrogen (secondary N) is 1. The lowest BCUT2D eigenvalue weighted by molar-refractivity contribution is -0.166. The Balaban J connectivity index is 1.88. The van der Waals surface area contributed by atoms with Gasteiger partial charge in [-0.3, -0.25) is 28.9 Å². The minimum absolute atomic E-state index is 0.101. The van der Waals surface area contributed by atoms with Crippen LogP contribution >= 0.6 is 0 Å². The number of nitriles is 1. The molecule has 15 heteroatoms. The van der Waals surface area contributed by atoms with Crippen LogP contribution in [0.2, 0.25) is 0 Å². The highest BCUT2D eigenvalue weighted by atomic mass is 32.2. The van der Waals surface area contributed by atoms with Crippen LogP contribution < -0.4 is 21.9 Å². The molecule has 0 spiro atoms. The number of carbonyl (C=O) groups is 5. The Bertz CT molecular complexity index is 1550. The Morgan fingerprint density at radius 2 is 1.83 bits per heavy atom. The standard InChI is InChI=1S/C26H32N6O8S/c1-32(2)20-19(35)16(23(28)38)21(36)25(11-27)22(37)17-18(34)15-13(9-24(17,29)10-26(20,25)30)12(6-7-14(15)33)5-4-8-31-41(3,39)40/h6-7,16-17,20,31,33H,4-5,8-10,29-30H2,1-3H3,(H2,28,38)/t16?,17?,20-,24-,25+,26-/m1/s1. The molecule has 220 valence electrons. The number of fused-ring (bicyclic) bond motifs is 3. The van der Waals surface area contributed by atoms with Crippen molar-refractivity contribution in [2.45, 2.75) is 42.8 Å². The fourth-order valence-corrected chi connectivity index (χ4v) is 7.55. The molecule has 3 aliphatic carbocycles. The van der Waals surface area contributed by atoms with Crippen LogP contribution in [0, 0.1) is 28.6 Å². The summed E-state index contributed by atoms with van der Waals surface area (Å²) in [6.07, 6.45) is 0.934. The number of sulfonamides is 1. The number of benzene rings is 1. The Hall–Kier alpha value is -3.55. The predicted molar refractivity (Wildman–Crippen MR) is 142 cm³/mol. The lowest BCUT2D eigenvalue weighted by Crippen LogP contribution is -2.85. The van der Waals surface area contributed by atoms with Crippen molar-refractivity contribution in [3.63, 3.8) is 0 Å². The van der Waals surface area contributed by atoms with Crippen molar-refractivity contribution >= 4 is 39.1 Å². The van der Waals surface area contributed by atoms with E-state index in [0.29, 0.717) is 17.5 Å². The summed E-state index contributed by atoms with van der Waals surface area (Å²) in [4.78, 5) is 68.9. The molecule has 2 fully saturated rings. The summed E-state index contributed by atoms with van der Waals surface area (Å²) in [5.74, 6) is -10.3. The highest BCUT2D eigenvalue weighted by molar-refractivity contribution is 7.88. The van der Waals surface area contributed by atoms with E-state index < -0.39 is 85.6 Å². The van der Waals surface area contributed by atoms with Crippen molar-refractivity contribution in [1.29, 1.82) is 5.26 Å². The zero-order chi connectivity index (χ0) is 30.9. The number of rotatable bonds is 7. The van der Waals surface area contributed by atoms with Crippen molar-refractivity contribution < 1.29 is 37.5 Å². The number of Topliss-reactive ketones (excluding diaryl/α,β-unsaturated/α-hetero) is 4. The van der Waals surface area contributed by atoms with Gasteiger partial charge in [-0.1, -0.05) is 6.07 Å². The van der Waals surface area contributed by atoms with Gasteiger partial charge < -0.3 is 22.3 Å². The first-order valence-electron chi connectivity index (χ1n) is 12.8. The summed E-state index contributed by atoms with van der Waals surface area (Å²) >= 11 is 0. The molecule has 3 aliphatic rings.